The van der Waals surface area contributed by atoms with Crippen LogP contribution in [0.15, 0.2) is 12.1 Å². The molecule has 0 aliphatic carbocycles. The number of nitrogens with zero attached hydrogens (tertiary/aromatic N) is 1. The molecule has 1 N–H and O–H groups in total. The molecule has 0 aliphatic rings. The number of rotatable bonds is 2. The van der Waals surface area contributed by atoms with Gasteiger partial charge in [-0.2, -0.15) is 0 Å². The summed E-state index contributed by atoms with van der Waals surface area (Å²) in [4.78, 5) is 0. The molecule has 0 saturated heterocycles. The highest BCUT2D eigenvalue weighted by Crippen LogP contribution is 2.29. The van der Waals surface area contributed by atoms with Crippen LogP contribution in [0.2, 0.25) is 0 Å². The standard InChI is InChI=1S/C12H19NO/c1-6-13(4,5)11-7-10(3)12(14)8-9(11)2/h7-8H,6H2,1-5H3/p+1. The molecule has 1 aromatic carbocycles. The number of quaternary nitrogens is 1. The van der Waals surface area contributed by atoms with Crippen LogP contribution >= 0.6 is 0 Å². The Labute approximate surface area is 86.4 Å². The van der Waals surface area contributed by atoms with Crippen molar-refractivity contribution in [1.29, 1.82) is 0 Å². The van der Waals surface area contributed by atoms with E-state index in [-0.39, 0.29) is 0 Å². The maximum Gasteiger partial charge on any atom is 0.135 e. The smallest absolute Gasteiger partial charge is 0.135 e. The van der Waals surface area contributed by atoms with Crippen LogP contribution in [0.4, 0.5) is 5.69 Å². The van der Waals surface area contributed by atoms with E-state index in [2.05, 4.69) is 27.1 Å². The zero-order valence-electron chi connectivity index (χ0n) is 9.76. The molecule has 0 fully saturated rings. The van der Waals surface area contributed by atoms with Gasteiger partial charge in [0.2, 0.25) is 0 Å². The van der Waals surface area contributed by atoms with E-state index in [4.69, 9.17) is 0 Å². The zero-order chi connectivity index (χ0) is 10.9. The quantitative estimate of drug-likeness (QED) is 0.717. The topological polar surface area (TPSA) is 20.2 Å². The molecule has 78 valence electrons. The fourth-order valence-electron chi connectivity index (χ4n) is 1.61. The lowest BCUT2D eigenvalue weighted by molar-refractivity contribution is 0.416. The Morgan fingerprint density at radius 2 is 1.71 bits per heavy atom. The molecule has 14 heavy (non-hydrogen) atoms. The highest BCUT2D eigenvalue weighted by atomic mass is 16.3. The second-order valence-electron chi connectivity index (χ2n) is 4.43. The number of aryl methyl sites for hydroxylation is 2. The van der Waals surface area contributed by atoms with Crippen LogP contribution in [0.1, 0.15) is 18.1 Å². The molecule has 2 heteroatoms. The van der Waals surface area contributed by atoms with Crippen molar-refractivity contribution >= 4 is 5.69 Å². The number of phenolic OH excluding ortho intramolecular Hbond substituents is 1. The van der Waals surface area contributed by atoms with E-state index in [1.165, 1.54) is 5.69 Å². The summed E-state index contributed by atoms with van der Waals surface area (Å²) < 4.78 is 0.854. The van der Waals surface area contributed by atoms with E-state index in [1.807, 2.05) is 19.9 Å². The van der Waals surface area contributed by atoms with Gasteiger partial charge < -0.3 is 5.11 Å². The molecular formula is C12H20NO+. The van der Waals surface area contributed by atoms with Gasteiger partial charge in [-0.25, -0.2) is 0 Å². The van der Waals surface area contributed by atoms with E-state index in [1.54, 1.807) is 0 Å². The summed E-state index contributed by atoms with van der Waals surface area (Å²) in [5.74, 6) is 0.391. The molecule has 0 heterocycles. The molecule has 0 atom stereocenters. The summed E-state index contributed by atoms with van der Waals surface area (Å²) >= 11 is 0. The Morgan fingerprint density at radius 1 is 1.14 bits per heavy atom. The normalized spacial score (nSPS) is 11.8. The number of benzene rings is 1. The minimum atomic E-state index is 0.391. The maximum absolute atomic E-state index is 9.56. The van der Waals surface area contributed by atoms with Crippen molar-refractivity contribution in [2.45, 2.75) is 20.8 Å². The lowest BCUT2D eigenvalue weighted by Crippen LogP contribution is -2.40. The SMILES string of the molecule is CC[N+](C)(C)c1cc(C)c(O)cc1C. The van der Waals surface area contributed by atoms with Crippen molar-refractivity contribution in [1.82, 2.24) is 4.48 Å². The highest BCUT2D eigenvalue weighted by Gasteiger charge is 2.20. The number of hydrogen-bond acceptors (Lipinski definition) is 1. The first-order valence-electron chi connectivity index (χ1n) is 5.02. The van der Waals surface area contributed by atoms with Crippen LogP contribution in [0.3, 0.4) is 0 Å². The van der Waals surface area contributed by atoms with E-state index < -0.39 is 0 Å². The zero-order valence-corrected chi connectivity index (χ0v) is 9.76. The van der Waals surface area contributed by atoms with Gasteiger partial charge in [-0.05, 0) is 32.4 Å². The van der Waals surface area contributed by atoms with Gasteiger partial charge in [0.05, 0.1) is 20.6 Å². The Morgan fingerprint density at radius 3 is 2.21 bits per heavy atom. The maximum atomic E-state index is 9.56. The summed E-state index contributed by atoms with van der Waals surface area (Å²) in [5.41, 5.74) is 3.38. The monoisotopic (exact) mass is 194 g/mol. The summed E-state index contributed by atoms with van der Waals surface area (Å²) in [6.45, 7) is 7.20. The number of phenols is 1. The molecule has 0 aromatic heterocycles. The third-order valence-corrected chi connectivity index (χ3v) is 2.96. The molecule has 0 radical (unpaired) electrons. The van der Waals surface area contributed by atoms with Gasteiger partial charge in [0.1, 0.15) is 11.4 Å². The summed E-state index contributed by atoms with van der Waals surface area (Å²) in [6.07, 6.45) is 0. The summed E-state index contributed by atoms with van der Waals surface area (Å²) in [7, 11) is 4.36. The second kappa shape index (κ2) is 3.62. The predicted octanol–water partition coefficient (Wildman–Crippen LogP) is 2.60. The molecule has 1 aromatic rings. The van der Waals surface area contributed by atoms with Crippen LogP contribution in [0.5, 0.6) is 5.75 Å². The first kappa shape index (κ1) is 11.1. The Balaban J connectivity index is 3.29. The van der Waals surface area contributed by atoms with Gasteiger partial charge in [0, 0.05) is 11.6 Å². The molecule has 0 bridgehead atoms. The predicted molar refractivity (Wildman–Crippen MR) is 61.8 cm³/mol. The minimum Gasteiger partial charge on any atom is -0.508 e. The molecule has 0 amide bonds. The van der Waals surface area contributed by atoms with Crippen molar-refractivity contribution in [2.75, 3.05) is 20.6 Å². The van der Waals surface area contributed by atoms with Crippen molar-refractivity contribution in [2.24, 2.45) is 0 Å². The lowest BCUT2D eigenvalue weighted by atomic mass is 10.1. The van der Waals surface area contributed by atoms with Crippen LogP contribution in [0.25, 0.3) is 0 Å². The van der Waals surface area contributed by atoms with Gasteiger partial charge in [-0.3, -0.25) is 4.48 Å². The molecule has 2 nitrogen and oxygen atoms in total. The van der Waals surface area contributed by atoms with E-state index in [0.29, 0.717) is 5.75 Å². The molecule has 0 spiro atoms. The fraction of sp³-hybridized carbons (Fsp3) is 0.500. The molecule has 1 rings (SSSR count). The van der Waals surface area contributed by atoms with Gasteiger partial charge >= 0.3 is 0 Å². The van der Waals surface area contributed by atoms with Gasteiger partial charge in [-0.15, -0.1) is 0 Å². The molecule has 0 unspecified atom stereocenters. The number of aromatic hydroxyl groups is 1. The minimum absolute atomic E-state index is 0.391. The van der Waals surface area contributed by atoms with Crippen LogP contribution in [-0.2, 0) is 0 Å². The third kappa shape index (κ3) is 1.90. The highest BCUT2D eigenvalue weighted by molar-refractivity contribution is 5.55. The average Bonchev–Trinajstić information content (AvgIpc) is 2.11. The van der Waals surface area contributed by atoms with Crippen molar-refractivity contribution in [3.05, 3.63) is 23.3 Å². The second-order valence-corrected chi connectivity index (χ2v) is 4.43. The van der Waals surface area contributed by atoms with Gasteiger partial charge in [-0.1, -0.05) is 0 Å². The van der Waals surface area contributed by atoms with Crippen LogP contribution < -0.4 is 4.48 Å². The Bertz CT molecular complexity index is 342. The average molecular weight is 194 g/mol. The first-order chi connectivity index (χ1) is 6.38. The van der Waals surface area contributed by atoms with E-state index >= 15 is 0 Å². The van der Waals surface area contributed by atoms with Crippen LogP contribution in [-0.4, -0.2) is 25.7 Å². The lowest BCUT2D eigenvalue weighted by Gasteiger charge is -2.29. The fourth-order valence-corrected chi connectivity index (χ4v) is 1.61. The van der Waals surface area contributed by atoms with E-state index in [9.17, 15) is 5.11 Å². The third-order valence-electron chi connectivity index (χ3n) is 2.96. The summed E-state index contributed by atoms with van der Waals surface area (Å²) in [5, 5.41) is 9.56. The van der Waals surface area contributed by atoms with Gasteiger partial charge in [0.15, 0.2) is 0 Å². The van der Waals surface area contributed by atoms with Gasteiger partial charge in [0.25, 0.3) is 0 Å². The largest absolute Gasteiger partial charge is 0.508 e. The Kier molecular flexibility index (Phi) is 2.86. The molecular weight excluding hydrogens is 174 g/mol. The first-order valence-corrected chi connectivity index (χ1v) is 5.02. The van der Waals surface area contributed by atoms with Crippen LogP contribution in [0, 0.1) is 13.8 Å². The van der Waals surface area contributed by atoms with E-state index in [0.717, 1.165) is 22.2 Å². The van der Waals surface area contributed by atoms with Crippen molar-refractivity contribution in [3.63, 3.8) is 0 Å². The molecule has 0 saturated carbocycles. The Hall–Kier alpha value is -1.02. The summed E-state index contributed by atoms with van der Waals surface area (Å²) in [6, 6.07) is 3.93. The van der Waals surface area contributed by atoms with Crippen molar-refractivity contribution < 1.29 is 5.11 Å². The van der Waals surface area contributed by atoms with Crippen molar-refractivity contribution in [3.8, 4) is 5.75 Å². The number of hydrogen-bond donors (Lipinski definition) is 1. The molecule has 0 aliphatic heterocycles.